The van der Waals surface area contributed by atoms with Gasteiger partial charge in [0.1, 0.15) is 11.6 Å². The minimum absolute atomic E-state index is 0.0759. The first-order chi connectivity index (χ1) is 22.6. The van der Waals surface area contributed by atoms with E-state index in [0.29, 0.717) is 36.8 Å². The summed E-state index contributed by atoms with van der Waals surface area (Å²) >= 11 is 7.03. The molecule has 0 N–H and O–H groups in total. The molecule has 4 heterocycles. The van der Waals surface area contributed by atoms with Gasteiger partial charge in [0.25, 0.3) is 0 Å². The highest BCUT2D eigenvalue weighted by Crippen LogP contribution is 2.42. The number of fused-ring (bicyclic) bond motifs is 8. The zero-order valence-corrected chi connectivity index (χ0v) is 29.1. The molecule has 1 aliphatic heterocycles. The van der Waals surface area contributed by atoms with E-state index in [1.807, 2.05) is 37.7 Å². The van der Waals surface area contributed by atoms with Crippen molar-refractivity contribution < 1.29 is 13.9 Å². The van der Waals surface area contributed by atoms with Crippen LogP contribution in [0.3, 0.4) is 0 Å². The molecular weight excluding hydrogens is 632 g/mol. The van der Waals surface area contributed by atoms with Gasteiger partial charge < -0.3 is 9.30 Å². The highest BCUT2D eigenvalue weighted by Gasteiger charge is 2.26. The van der Waals surface area contributed by atoms with Gasteiger partial charge in [0.15, 0.2) is 5.52 Å². The Balaban J connectivity index is 1.36. The monoisotopic (exact) mass is 669 g/mol. The number of carbonyl (C=O) groups excluding carboxylic acids is 1. The summed E-state index contributed by atoms with van der Waals surface area (Å²) in [5, 5.41) is 13.1. The van der Waals surface area contributed by atoms with E-state index < -0.39 is 0 Å². The lowest BCUT2D eigenvalue weighted by Gasteiger charge is -2.15. The van der Waals surface area contributed by atoms with E-state index in [2.05, 4.69) is 43.6 Å². The van der Waals surface area contributed by atoms with Crippen molar-refractivity contribution in [2.24, 2.45) is 7.05 Å². The molecule has 0 saturated carbocycles. The summed E-state index contributed by atoms with van der Waals surface area (Å²) in [6.45, 7) is 7.83. The zero-order chi connectivity index (χ0) is 33.0. The third-order valence-electron chi connectivity index (χ3n) is 9.54. The van der Waals surface area contributed by atoms with Gasteiger partial charge in [-0.1, -0.05) is 26.9 Å². The fraction of sp³-hybridized carbons (Fsp3) is 0.324. The average Bonchev–Trinajstić information content (AvgIpc) is 3.63. The summed E-state index contributed by atoms with van der Waals surface area (Å²) < 4.78 is 26.9. The lowest BCUT2D eigenvalue weighted by Crippen LogP contribution is -2.10. The quantitative estimate of drug-likeness (QED) is 0.165. The molecule has 242 valence electrons. The lowest BCUT2D eigenvalue weighted by molar-refractivity contribution is 0.107. The predicted octanol–water partition coefficient (Wildman–Crippen LogP) is 8.33. The van der Waals surface area contributed by atoms with Gasteiger partial charge in [0.2, 0.25) is 0 Å². The number of aryl methyl sites for hydroxylation is 8. The van der Waals surface area contributed by atoms with Crippen LogP contribution in [0, 0.1) is 26.6 Å². The fourth-order valence-electron chi connectivity index (χ4n) is 7.19. The van der Waals surface area contributed by atoms with Crippen LogP contribution in [-0.2, 0) is 39.4 Å². The van der Waals surface area contributed by atoms with Crippen LogP contribution >= 0.6 is 20.8 Å². The zero-order valence-electron chi connectivity index (χ0n) is 27.2. The number of hydrogen-bond donors (Lipinski definition) is 0. The molecule has 0 spiro atoms. The van der Waals surface area contributed by atoms with Crippen molar-refractivity contribution in [2.75, 3.05) is 6.61 Å². The average molecular weight is 670 g/mol. The van der Waals surface area contributed by atoms with Crippen LogP contribution in [0.25, 0.3) is 32.9 Å². The van der Waals surface area contributed by atoms with Gasteiger partial charge in [-0.05, 0) is 117 Å². The molecule has 8 bridgehead atoms. The van der Waals surface area contributed by atoms with Crippen LogP contribution in [0.15, 0.2) is 48.5 Å². The Labute approximate surface area is 280 Å². The number of nitrogens with zero attached hydrogens (tertiary/aromatic N) is 5. The van der Waals surface area contributed by atoms with Crippen molar-refractivity contribution >= 4 is 48.0 Å². The van der Waals surface area contributed by atoms with Crippen LogP contribution in [0.2, 0.25) is 5.02 Å². The summed E-state index contributed by atoms with van der Waals surface area (Å²) in [7, 11) is 4.35. The molecule has 1 atom stereocenters. The summed E-state index contributed by atoms with van der Waals surface area (Å²) in [6.07, 6.45) is 3.89. The molecule has 0 aliphatic carbocycles. The maximum atomic E-state index is 14.3. The Kier molecular flexibility index (Phi) is 8.44. The third kappa shape index (κ3) is 5.76. The van der Waals surface area contributed by atoms with Gasteiger partial charge in [-0.25, -0.2) is 4.39 Å². The van der Waals surface area contributed by atoms with Crippen LogP contribution in [0.4, 0.5) is 4.39 Å². The first-order valence-corrected chi connectivity index (χ1v) is 17.1. The summed E-state index contributed by atoms with van der Waals surface area (Å²) in [4.78, 5) is 13.1. The normalized spacial score (nSPS) is 14.3. The van der Waals surface area contributed by atoms with E-state index >= 15 is 0 Å². The summed E-state index contributed by atoms with van der Waals surface area (Å²) in [5.74, 6) is 0.462. The van der Waals surface area contributed by atoms with E-state index in [-0.39, 0.29) is 11.3 Å². The van der Waals surface area contributed by atoms with Crippen molar-refractivity contribution in [2.45, 2.75) is 66.0 Å². The Bertz CT molecular complexity index is 2200. The number of carbonyl (C=O) groups is 1. The van der Waals surface area contributed by atoms with Crippen LogP contribution in [0.5, 0.6) is 5.75 Å². The van der Waals surface area contributed by atoms with Crippen molar-refractivity contribution in [3.8, 4) is 17.0 Å². The molecule has 47 heavy (non-hydrogen) atoms. The standard InChI is InChI=1S/C37H38ClFN5O2P/c1-21-23(3)40-44-15-5-7-27-20-28(42(4)41-27)10-8-24-17-25-19-26(39)9-11-29(25)32(18-24)46-16-6-14-43-31-13-12-30(38)34(35(21)44)33(31)22(2)36(43)37(45)47/h9,11-13,17-20H,5-8,10,14-16,47H2,1-4H3. The molecule has 7 rings (SSSR count). The van der Waals surface area contributed by atoms with Crippen LogP contribution in [0.1, 0.15) is 57.1 Å². The fourth-order valence-corrected chi connectivity index (χ4v) is 7.81. The molecule has 1 unspecified atom stereocenters. The SMILES string of the molecule is Cc1nn2c(c1C)-c1c(Cl)ccc3c1c(C)c(C(=O)P)n3CCCOc1cc(cc3cc(F)ccc13)CCc1cc(nn1C)CCC2. The van der Waals surface area contributed by atoms with Crippen molar-refractivity contribution in [1.29, 1.82) is 0 Å². The molecule has 3 aromatic heterocycles. The highest BCUT2D eigenvalue weighted by atomic mass is 35.5. The lowest BCUT2D eigenvalue weighted by atomic mass is 9.99. The van der Waals surface area contributed by atoms with Crippen LogP contribution < -0.4 is 4.74 Å². The molecule has 3 aromatic carbocycles. The number of hydrogen-bond acceptors (Lipinski definition) is 4. The minimum atomic E-state index is -0.273. The molecule has 0 radical (unpaired) electrons. The molecule has 10 heteroatoms. The Morgan fingerprint density at radius 1 is 0.957 bits per heavy atom. The van der Waals surface area contributed by atoms with E-state index in [0.717, 1.165) is 98.1 Å². The van der Waals surface area contributed by atoms with E-state index in [4.69, 9.17) is 26.5 Å². The van der Waals surface area contributed by atoms with Gasteiger partial charge in [-0.3, -0.25) is 14.2 Å². The molecule has 0 saturated heterocycles. The van der Waals surface area contributed by atoms with Gasteiger partial charge in [0.05, 0.1) is 34.4 Å². The Morgan fingerprint density at radius 2 is 1.79 bits per heavy atom. The molecule has 0 amide bonds. The number of benzene rings is 3. The van der Waals surface area contributed by atoms with Crippen molar-refractivity contribution in [1.82, 2.24) is 24.1 Å². The highest BCUT2D eigenvalue weighted by molar-refractivity contribution is 7.41. The second-order valence-electron chi connectivity index (χ2n) is 12.6. The maximum Gasteiger partial charge on any atom is 0.194 e. The maximum absolute atomic E-state index is 14.3. The Hall–Kier alpha value is -4.00. The molecule has 7 nitrogen and oxygen atoms in total. The first-order valence-electron chi connectivity index (χ1n) is 16.1. The van der Waals surface area contributed by atoms with E-state index in [9.17, 15) is 9.18 Å². The first kappa shape index (κ1) is 31.6. The molecular formula is C37H38ClFN5O2P. The number of aromatic nitrogens is 5. The third-order valence-corrected chi connectivity index (χ3v) is 10.1. The van der Waals surface area contributed by atoms with Gasteiger partial charge in [-0.2, -0.15) is 10.2 Å². The Morgan fingerprint density at radius 3 is 2.60 bits per heavy atom. The van der Waals surface area contributed by atoms with Gasteiger partial charge in [0, 0.05) is 47.7 Å². The topological polar surface area (TPSA) is 66.9 Å². The van der Waals surface area contributed by atoms with Gasteiger partial charge >= 0.3 is 0 Å². The molecule has 1 aliphatic rings. The van der Waals surface area contributed by atoms with E-state index in [1.54, 1.807) is 12.1 Å². The smallest absolute Gasteiger partial charge is 0.194 e. The van der Waals surface area contributed by atoms with Crippen LogP contribution in [-0.4, -0.2) is 36.3 Å². The van der Waals surface area contributed by atoms with E-state index in [1.165, 1.54) is 6.07 Å². The largest absolute Gasteiger partial charge is 0.493 e. The van der Waals surface area contributed by atoms with Crippen molar-refractivity contribution in [3.05, 3.63) is 98.8 Å². The number of ether oxygens (including phenoxy) is 1. The second-order valence-corrected chi connectivity index (χ2v) is 13.5. The summed E-state index contributed by atoms with van der Waals surface area (Å²) in [5.41, 5.74) is 9.61. The molecule has 6 aromatic rings. The molecule has 0 fully saturated rings. The second kappa shape index (κ2) is 12.6. The minimum Gasteiger partial charge on any atom is -0.493 e. The predicted molar refractivity (Wildman–Crippen MR) is 189 cm³/mol. The van der Waals surface area contributed by atoms with Gasteiger partial charge in [-0.15, -0.1) is 0 Å². The van der Waals surface area contributed by atoms with Crippen molar-refractivity contribution in [3.63, 3.8) is 0 Å². The number of halogens is 2. The summed E-state index contributed by atoms with van der Waals surface area (Å²) in [6, 6.07) is 15.1. The number of rotatable bonds is 1.